The molecule has 0 saturated carbocycles. The zero-order valence-electron chi connectivity index (χ0n) is 11.0. The molecule has 1 fully saturated rings. The average molecular weight is 273 g/mol. The van der Waals surface area contributed by atoms with E-state index in [0.29, 0.717) is 11.7 Å². The summed E-state index contributed by atoms with van der Waals surface area (Å²) >= 11 is 0. The lowest BCUT2D eigenvalue weighted by atomic mass is 10.1. The molecular weight excluding hydrogens is 258 g/mol. The van der Waals surface area contributed by atoms with Crippen LogP contribution in [0.2, 0.25) is 0 Å². The fraction of sp³-hybridized carbons (Fsp3) is 0.429. The maximum Gasteiger partial charge on any atom is 0.244 e. The van der Waals surface area contributed by atoms with Crippen molar-refractivity contribution in [3.63, 3.8) is 0 Å². The number of hydrogen-bond donors (Lipinski definition) is 1. The SMILES string of the molecule is c1cc2c(cc1-c1noc(C3CCCCN3)n1)OCO2. The lowest BCUT2D eigenvalue weighted by Gasteiger charge is -2.19. The number of benzene rings is 1. The summed E-state index contributed by atoms with van der Waals surface area (Å²) in [6.07, 6.45) is 3.45. The molecule has 1 saturated heterocycles. The number of ether oxygens (including phenoxy) is 2. The second-order valence-electron chi connectivity index (χ2n) is 5.03. The van der Waals surface area contributed by atoms with Crippen molar-refractivity contribution in [3.05, 3.63) is 24.1 Å². The van der Waals surface area contributed by atoms with Gasteiger partial charge in [-0.25, -0.2) is 0 Å². The number of fused-ring (bicyclic) bond motifs is 1. The number of aromatic nitrogens is 2. The van der Waals surface area contributed by atoms with Gasteiger partial charge in [-0.2, -0.15) is 4.98 Å². The van der Waals surface area contributed by atoms with E-state index in [1.165, 1.54) is 12.8 Å². The Morgan fingerprint density at radius 1 is 1.15 bits per heavy atom. The second-order valence-corrected chi connectivity index (χ2v) is 5.03. The minimum Gasteiger partial charge on any atom is -0.454 e. The normalized spacial score (nSPS) is 21.1. The number of nitrogens with zero attached hydrogens (tertiary/aromatic N) is 2. The van der Waals surface area contributed by atoms with Gasteiger partial charge in [-0.3, -0.25) is 0 Å². The van der Waals surface area contributed by atoms with Gasteiger partial charge in [0, 0.05) is 5.56 Å². The first-order valence-electron chi connectivity index (χ1n) is 6.87. The highest BCUT2D eigenvalue weighted by Gasteiger charge is 2.22. The van der Waals surface area contributed by atoms with Crippen molar-refractivity contribution in [2.45, 2.75) is 25.3 Å². The summed E-state index contributed by atoms with van der Waals surface area (Å²) in [6.45, 7) is 1.27. The van der Waals surface area contributed by atoms with Crippen LogP contribution in [0.4, 0.5) is 0 Å². The van der Waals surface area contributed by atoms with E-state index >= 15 is 0 Å². The molecule has 104 valence electrons. The molecule has 1 unspecified atom stereocenters. The predicted octanol–water partition coefficient (Wildman–Crippen LogP) is 2.28. The summed E-state index contributed by atoms with van der Waals surface area (Å²) in [6, 6.07) is 5.84. The molecule has 6 heteroatoms. The minimum absolute atomic E-state index is 0.180. The third-order valence-corrected chi connectivity index (χ3v) is 3.68. The van der Waals surface area contributed by atoms with Crippen molar-refractivity contribution in [2.24, 2.45) is 0 Å². The molecule has 1 N–H and O–H groups in total. The highest BCUT2D eigenvalue weighted by atomic mass is 16.7. The first-order valence-corrected chi connectivity index (χ1v) is 6.87. The Balaban J connectivity index is 1.61. The first kappa shape index (κ1) is 11.7. The van der Waals surface area contributed by atoms with Gasteiger partial charge in [-0.1, -0.05) is 11.6 Å². The fourth-order valence-corrected chi connectivity index (χ4v) is 2.59. The van der Waals surface area contributed by atoms with Crippen LogP contribution in [-0.2, 0) is 0 Å². The van der Waals surface area contributed by atoms with Gasteiger partial charge in [0.05, 0.1) is 6.04 Å². The lowest BCUT2D eigenvalue weighted by Crippen LogP contribution is -2.26. The molecular formula is C14H15N3O3. The monoisotopic (exact) mass is 273 g/mol. The standard InChI is InChI=1S/C14H15N3O3/c1-2-6-15-10(3-1)14-16-13(17-20-14)9-4-5-11-12(7-9)19-8-18-11/h4-5,7,10,15H,1-3,6,8H2. The van der Waals surface area contributed by atoms with E-state index in [2.05, 4.69) is 15.5 Å². The molecule has 0 bridgehead atoms. The quantitative estimate of drug-likeness (QED) is 0.905. The van der Waals surface area contributed by atoms with Gasteiger partial charge in [0.15, 0.2) is 11.5 Å². The molecule has 1 aromatic heterocycles. The highest BCUT2D eigenvalue weighted by molar-refractivity contribution is 5.61. The molecule has 2 aliphatic rings. The molecule has 2 aromatic rings. The Morgan fingerprint density at radius 2 is 2.10 bits per heavy atom. The predicted molar refractivity (Wildman–Crippen MR) is 70.5 cm³/mol. The van der Waals surface area contributed by atoms with Crippen molar-refractivity contribution < 1.29 is 14.0 Å². The van der Waals surface area contributed by atoms with Crippen molar-refractivity contribution >= 4 is 0 Å². The van der Waals surface area contributed by atoms with Crippen LogP contribution in [0.25, 0.3) is 11.4 Å². The lowest BCUT2D eigenvalue weighted by molar-refractivity contribution is 0.174. The Labute approximate surface area is 116 Å². The molecule has 0 spiro atoms. The molecule has 1 atom stereocenters. The number of nitrogens with one attached hydrogen (secondary N) is 1. The van der Waals surface area contributed by atoms with Crippen LogP contribution in [0.5, 0.6) is 11.5 Å². The third-order valence-electron chi connectivity index (χ3n) is 3.68. The smallest absolute Gasteiger partial charge is 0.244 e. The number of piperidine rings is 1. The average Bonchev–Trinajstić information content (AvgIpc) is 3.16. The first-order chi connectivity index (χ1) is 9.90. The van der Waals surface area contributed by atoms with Crippen molar-refractivity contribution in [1.82, 2.24) is 15.5 Å². The molecule has 20 heavy (non-hydrogen) atoms. The van der Waals surface area contributed by atoms with Gasteiger partial charge >= 0.3 is 0 Å². The maximum absolute atomic E-state index is 5.38. The molecule has 2 aliphatic heterocycles. The Bertz CT molecular complexity index is 620. The van der Waals surface area contributed by atoms with Gasteiger partial charge in [0.25, 0.3) is 0 Å². The Kier molecular flexibility index (Phi) is 2.81. The van der Waals surface area contributed by atoms with Crippen LogP contribution >= 0.6 is 0 Å². The van der Waals surface area contributed by atoms with Crippen molar-refractivity contribution in [1.29, 1.82) is 0 Å². The Morgan fingerprint density at radius 3 is 3.00 bits per heavy atom. The van der Waals surface area contributed by atoms with Gasteiger partial charge in [0.2, 0.25) is 18.5 Å². The zero-order chi connectivity index (χ0) is 13.4. The maximum atomic E-state index is 5.38. The zero-order valence-corrected chi connectivity index (χ0v) is 11.0. The van der Waals surface area contributed by atoms with Gasteiger partial charge in [0.1, 0.15) is 0 Å². The third kappa shape index (κ3) is 2.02. The van der Waals surface area contributed by atoms with E-state index in [4.69, 9.17) is 14.0 Å². The van der Waals surface area contributed by atoms with E-state index in [9.17, 15) is 0 Å². The summed E-state index contributed by atoms with van der Waals surface area (Å²) in [5.74, 6) is 2.74. The summed E-state index contributed by atoms with van der Waals surface area (Å²) in [5, 5.41) is 7.47. The summed E-state index contributed by atoms with van der Waals surface area (Å²) in [5.41, 5.74) is 0.875. The van der Waals surface area contributed by atoms with Crippen molar-refractivity contribution in [2.75, 3.05) is 13.3 Å². The molecule has 3 heterocycles. The minimum atomic E-state index is 0.180. The molecule has 0 amide bonds. The molecule has 4 rings (SSSR count). The molecule has 6 nitrogen and oxygen atoms in total. The van der Waals surface area contributed by atoms with Crippen LogP contribution < -0.4 is 14.8 Å². The van der Waals surface area contributed by atoms with Gasteiger partial charge < -0.3 is 19.3 Å². The molecule has 0 aliphatic carbocycles. The van der Waals surface area contributed by atoms with E-state index in [0.717, 1.165) is 30.0 Å². The van der Waals surface area contributed by atoms with Crippen LogP contribution in [0.3, 0.4) is 0 Å². The Hall–Kier alpha value is -2.08. The highest BCUT2D eigenvalue weighted by Crippen LogP contribution is 2.35. The van der Waals surface area contributed by atoms with E-state index in [-0.39, 0.29) is 12.8 Å². The molecule has 1 aromatic carbocycles. The summed E-state index contributed by atoms with van der Waals surface area (Å²) in [4.78, 5) is 4.49. The van der Waals surface area contributed by atoms with Crippen LogP contribution in [0, 0.1) is 0 Å². The van der Waals surface area contributed by atoms with E-state index in [1.54, 1.807) is 0 Å². The summed E-state index contributed by atoms with van der Waals surface area (Å²) < 4.78 is 16.0. The van der Waals surface area contributed by atoms with Gasteiger partial charge in [-0.05, 0) is 37.6 Å². The van der Waals surface area contributed by atoms with Crippen LogP contribution in [-0.4, -0.2) is 23.5 Å². The van der Waals surface area contributed by atoms with Crippen LogP contribution in [0.15, 0.2) is 22.7 Å². The number of rotatable bonds is 2. The van der Waals surface area contributed by atoms with Crippen molar-refractivity contribution in [3.8, 4) is 22.9 Å². The number of hydrogen-bond acceptors (Lipinski definition) is 6. The largest absolute Gasteiger partial charge is 0.454 e. The van der Waals surface area contributed by atoms with Gasteiger partial charge in [-0.15, -0.1) is 0 Å². The van der Waals surface area contributed by atoms with Crippen LogP contribution in [0.1, 0.15) is 31.2 Å². The molecule has 0 radical (unpaired) electrons. The fourth-order valence-electron chi connectivity index (χ4n) is 2.59. The van der Waals surface area contributed by atoms with E-state index < -0.39 is 0 Å². The topological polar surface area (TPSA) is 69.4 Å². The summed E-state index contributed by atoms with van der Waals surface area (Å²) in [7, 11) is 0. The van der Waals surface area contributed by atoms with E-state index in [1.807, 2.05) is 18.2 Å². The second kappa shape index (κ2) is 4.79.